The van der Waals surface area contributed by atoms with Gasteiger partial charge in [-0.3, -0.25) is 9.78 Å². The molecule has 1 fully saturated rings. The average molecular weight is 454 g/mol. The van der Waals surface area contributed by atoms with Gasteiger partial charge < -0.3 is 14.8 Å². The number of hydrogen-bond donors (Lipinski definition) is 1. The first-order valence-electron chi connectivity index (χ1n) is 12.1. The van der Waals surface area contributed by atoms with Gasteiger partial charge in [-0.1, -0.05) is 24.3 Å². The summed E-state index contributed by atoms with van der Waals surface area (Å²) in [5.41, 5.74) is 5.49. The second-order valence-electron chi connectivity index (χ2n) is 9.09. The lowest BCUT2D eigenvalue weighted by Gasteiger charge is -2.32. The van der Waals surface area contributed by atoms with Crippen LogP contribution in [0.25, 0.3) is 22.4 Å². The second-order valence-corrected chi connectivity index (χ2v) is 9.09. The monoisotopic (exact) mass is 453 g/mol. The van der Waals surface area contributed by atoms with E-state index in [1.165, 1.54) is 11.1 Å². The molecule has 6 heteroatoms. The number of carbonyl (C=O) groups excluding carboxylic acids is 1. The first-order valence-corrected chi connectivity index (χ1v) is 12.1. The number of nitrogens with one attached hydrogen (secondary N) is 1. The molecule has 1 saturated heterocycles. The Morgan fingerprint density at radius 2 is 1.88 bits per heavy atom. The van der Waals surface area contributed by atoms with Crippen molar-refractivity contribution in [3.8, 4) is 11.4 Å². The average Bonchev–Trinajstić information content (AvgIpc) is 3.23. The molecule has 6 nitrogen and oxygen atoms in total. The fourth-order valence-electron chi connectivity index (χ4n) is 5.03. The van der Waals surface area contributed by atoms with Crippen molar-refractivity contribution in [3.63, 3.8) is 0 Å². The normalized spacial score (nSPS) is 15.0. The van der Waals surface area contributed by atoms with Gasteiger partial charge in [0.2, 0.25) is 5.91 Å². The molecule has 1 aliphatic heterocycles. The van der Waals surface area contributed by atoms with E-state index in [9.17, 15) is 4.79 Å². The van der Waals surface area contributed by atoms with Crippen LogP contribution in [-0.2, 0) is 11.3 Å². The Morgan fingerprint density at radius 1 is 1.03 bits per heavy atom. The van der Waals surface area contributed by atoms with Crippen LogP contribution >= 0.6 is 0 Å². The number of benzene rings is 2. The smallest absolute Gasteiger partial charge is 0.221 e. The van der Waals surface area contributed by atoms with Gasteiger partial charge in [0.1, 0.15) is 5.82 Å². The molecule has 0 bridgehead atoms. The molecule has 3 heterocycles. The van der Waals surface area contributed by atoms with E-state index < -0.39 is 0 Å². The van der Waals surface area contributed by atoms with E-state index in [0.717, 1.165) is 68.0 Å². The maximum atomic E-state index is 11.4. The van der Waals surface area contributed by atoms with Gasteiger partial charge in [0.25, 0.3) is 0 Å². The minimum absolute atomic E-state index is 0.0238. The highest BCUT2D eigenvalue weighted by Gasteiger charge is 2.21. The van der Waals surface area contributed by atoms with E-state index in [-0.39, 0.29) is 5.91 Å². The topological polar surface area (TPSA) is 63.1 Å². The number of pyridine rings is 1. The SMILES string of the molecule is CC(=O)Nc1cccc(C2CCN(CCCn3c(-c4cccnc4)nc4ccccc43)CC2)c1. The predicted octanol–water partition coefficient (Wildman–Crippen LogP) is 5.33. The van der Waals surface area contributed by atoms with Gasteiger partial charge in [-0.25, -0.2) is 4.98 Å². The number of nitrogens with zero attached hydrogens (tertiary/aromatic N) is 4. The molecule has 1 amide bonds. The Bertz CT molecular complexity index is 1260. The number of para-hydroxylation sites is 2. The van der Waals surface area contributed by atoms with Crippen molar-refractivity contribution in [1.29, 1.82) is 0 Å². The number of rotatable bonds is 7. The molecule has 5 rings (SSSR count). The van der Waals surface area contributed by atoms with Gasteiger partial charge in [0, 0.05) is 37.1 Å². The Hall–Kier alpha value is -3.51. The van der Waals surface area contributed by atoms with E-state index in [0.29, 0.717) is 5.92 Å². The molecule has 0 spiro atoms. The van der Waals surface area contributed by atoms with E-state index in [2.05, 4.69) is 56.2 Å². The number of anilines is 1. The van der Waals surface area contributed by atoms with Crippen LogP contribution in [0.4, 0.5) is 5.69 Å². The third kappa shape index (κ3) is 5.02. The summed E-state index contributed by atoms with van der Waals surface area (Å²) >= 11 is 0. The minimum atomic E-state index is -0.0238. The molecule has 2 aromatic carbocycles. The molecule has 0 atom stereocenters. The van der Waals surface area contributed by atoms with Crippen molar-refractivity contribution >= 4 is 22.6 Å². The molecule has 2 aromatic heterocycles. The van der Waals surface area contributed by atoms with Gasteiger partial charge in [-0.05, 0) is 86.8 Å². The molecule has 0 saturated carbocycles. The summed E-state index contributed by atoms with van der Waals surface area (Å²) in [6, 6.07) is 20.7. The van der Waals surface area contributed by atoms with Gasteiger partial charge >= 0.3 is 0 Å². The highest BCUT2D eigenvalue weighted by atomic mass is 16.1. The van der Waals surface area contributed by atoms with Crippen LogP contribution in [0.1, 0.15) is 37.7 Å². The third-order valence-corrected chi connectivity index (χ3v) is 6.70. The molecular weight excluding hydrogens is 422 g/mol. The lowest BCUT2D eigenvalue weighted by molar-refractivity contribution is -0.114. The first-order chi connectivity index (χ1) is 16.7. The van der Waals surface area contributed by atoms with Crippen molar-refractivity contribution < 1.29 is 4.79 Å². The minimum Gasteiger partial charge on any atom is -0.326 e. The van der Waals surface area contributed by atoms with Gasteiger partial charge in [-0.2, -0.15) is 0 Å². The van der Waals surface area contributed by atoms with Crippen LogP contribution in [-0.4, -0.2) is 45.0 Å². The van der Waals surface area contributed by atoms with Crippen molar-refractivity contribution in [2.75, 3.05) is 25.0 Å². The molecule has 34 heavy (non-hydrogen) atoms. The number of likely N-dealkylation sites (tertiary alicyclic amines) is 1. The van der Waals surface area contributed by atoms with Crippen LogP contribution in [0.5, 0.6) is 0 Å². The zero-order valence-corrected chi connectivity index (χ0v) is 19.7. The highest BCUT2D eigenvalue weighted by Crippen LogP contribution is 2.30. The number of fused-ring (bicyclic) bond motifs is 1. The predicted molar refractivity (Wildman–Crippen MR) is 137 cm³/mol. The zero-order valence-electron chi connectivity index (χ0n) is 19.7. The summed E-state index contributed by atoms with van der Waals surface area (Å²) in [4.78, 5) is 23.2. The molecule has 1 N–H and O–H groups in total. The number of hydrogen-bond acceptors (Lipinski definition) is 4. The fourth-order valence-corrected chi connectivity index (χ4v) is 5.03. The number of amides is 1. The Kier molecular flexibility index (Phi) is 6.67. The summed E-state index contributed by atoms with van der Waals surface area (Å²) in [6.07, 6.45) is 7.08. The molecule has 174 valence electrons. The summed E-state index contributed by atoms with van der Waals surface area (Å²) < 4.78 is 2.34. The van der Waals surface area contributed by atoms with Crippen LogP contribution in [0.3, 0.4) is 0 Å². The van der Waals surface area contributed by atoms with Crippen LogP contribution in [0.2, 0.25) is 0 Å². The largest absolute Gasteiger partial charge is 0.326 e. The zero-order chi connectivity index (χ0) is 23.3. The molecule has 0 aliphatic carbocycles. The van der Waals surface area contributed by atoms with Gasteiger partial charge in [0.05, 0.1) is 11.0 Å². The summed E-state index contributed by atoms with van der Waals surface area (Å²) in [5.74, 6) is 1.52. The van der Waals surface area contributed by atoms with E-state index in [4.69, 9.17) is 4.98 Å². The number of aryl methyl sites for hydroxylation is 1. The quantitative estimate of drug-likeness (QED) is 0.411. The molecule has 4 aromatic rings. The number of aromatic nitrogens is 3. The maximum absolute atomic E-state index is 11.4. The molecular formula is C28H31N5O. The van der Waals surface area contributed by atoms with E-state index >= 15 is 0 Å². The lowest BCUT2D eigenvalue weighted by Crippen LogP contribution is -2.34. The van der Waals surface area contributed by atoms with Crippen molar-refractivity contribution in [2.45, 2.75) is 38.6 Å². The van der Waals surface area contributed by atoms with Crippen LogP contribution < -0.4 is 5.32 Å². The van der Waals surface area contributed by atoms with Crippen molar-refractivity contribution in [3.05, 3.63) is 78.6 Å². The van der Waals surface area contributed by atoms with Crippen LogP contribution in [0, 0.1) is 0 Å². The lowest BCUT2D eigenvalue weighted by atomic mass is 9.89. The summed E-state index contributed by atoms with van der Waals surface area (Å²) in [7, 11) is 0. The fraction of sp³-hybridized carbons (Fsp3) is 0.321. The Morgan fingerprint density at radius 3 is 2.68 bits per heavy atom. The standard InChI is InChI=1S/C28H31N5O/c1-21(34)30-25-9-4-7-23(19-25)22-12-17-32(18-13-22)15-6-16-33-27-11-3-2-10-26(27)31-28(33)24-8-5-14-29-20-24/h2-5,7-11,14,19-20,22H,6,12-13,15-18H2,1H3,(H,30,34). The van der Waals surface area contributed by atoms with Crippen molar-refractivity contribution in [2.24, 2.45) is 0 Å². The van der Waals surface area contributed by atoms with Gasteiger partial charge in [-0.15, -0.1) is 0 Å². The van der Waals surface area contributed by atoms with E-state index in [1.807, 2.05) is 30.5 Å². The number of piperidine rings is 1. The summed E-state index contributed by atoms with van der Waals surface area (Å²) in [5, 5.41) is 2.90. The first kappa shape index (κ1) is 22.3. The highest BCUT2D eigenvalue weighted by molar-refractivity contribution is 5.88. The number of carbonyl (C=O) groups is 1. The van der Waals surface area contributed by atoms with Crippen LogP contribution in [0.15, 0.2) is 73.1 Å². The second kappa shape index (κ2) is 10.2. The Balaban J connectivity index is 1.20. The summed E-state index contributed by atoms with van der Waals surface area (Å²) in [6.45, 7) is 5.78. The maximum Gasteiger partial charge on any atom is 0.221 e. The third-order valence-electron chi connectivity index (χ3n) is 6.70. The van der Waals surface area contributed by atoms with Crippen molar-refractivity contribution in [1.82, 2.24) is 19.4 Å². The molecule has 0 unspecified atom stereocenters. The molecule has 0 radical (unpaired) electrons. The Labute approximate surface area is 200 Å². The van der Waals surface area contributed by atoms with Gasteiger partial charge in [0.15, 0.2) is 0 Å². The van der Waals surface area contributed by atoms with E-state index in [1.54, 1.807) is 13.1 Å². The molecule has 1 aliphatic rings. The number of imidazole rings is 1.